The molecular formula is C31H29ClN8. The van der Waals surface area contributed by atoms with Crippen molar-refractivity contribution >= 4 is 34.6 Å². The molecule has 2 bridgehead atoms. The Kier molecular flexibility index (Phi) is 5.83. The lowest BCUT2D eigenvalue weighted by Gasteiger charge is -2.34. The van der Waals surface area contributed by atoms with Crippen molar-refractivity contribution in [3.63, 3.8) is 0 Å². The van der Waals surface area contributed by atoms with E-state index in [-0.39, 0.29) is 12.4 Å². The van der Waals surface area contributed by atoms with E-state index in [0.717, 1.165) is 63.3 Å². The monoisotopic (exact) mass is 548 g/mol. The number of likely N-dealkylation sites (tertiary alicyclic amines) is 1. The van der Waals surface area contributed by atoms with Crippen molar-refractivity contribution in [3.05, 3.63) is 84.9 Å². The number of nitrogens with zero attached hydrogens (tertiary/aromatic N) is 7. The third-order valence-electron chi connectivity index (χ3n) is 8.56. The summed E-state index contributed by atoms with van der Waals surface area (Å²) in [4.78, 5) is 14.2. The number of hydrogen-bond donors (Lipinski definition) is 1. The van der Waals surface area contributed by atoms with Crippen molar-refractivity contribution in [2.45, 2.75) is 25.4 Å². The molecule has 0 spiro atoms. The summed E-state index contributed by atoms with van der Waals surface area (Å²) < 4.78 is 2.00. The molecule has 2 fully saturated rings. The van der Waals surface area contributed by atoms with E-state index in [1.54, 1.807) is 0 Å². The van der Waals surface area contributed by atoms with Gasteiger partial charge in [-0.15, -0.1) is 12.4 Å². The number of hydrogen-bond acceptors (Lipinski definition) is 6. The van der Waals surface area contributed by atoms with E-state index in [2.05, 4.69) is 69.3 Å². The number of fused-ring (bicyclic) bond motifs is 4. The number of pyridine rings is 1. The molecule has 40 heavy (non-hydrogen) atoms. The van der Waals surface area contributed by atoms with E-state index in [0.29, 0.717) is 12.1 Å². The molecule has 9 heteroatoms. The van der Waals surface area contributed by atoms with Crippen molar-refractivity contribution in [3.8, 4) is 33.6 Å². The van der Waals surface area contributed by atoms with Crippen LogP contribution in [0.1, 0.15) is 12.0 Å². The summed E-state index contributed by atoms with van der Waals surface area (Å²) >= 11 is 0. The second-order valence-corrected chi connectivity index (χ2v) is 10.8. The Morgan fingerprint density at radius 2 is 1.80 bits per heavy atom. The van der Waals surface area contributed by atoms with Gasteiger partial charge in [-0.05, 0) is 67.9 Å². The fourth-order valence-electron chi connectivity index (χ4n) is 6.59. The maximum atomic E-state index is 5.19. The fourth-order valence-corrected chi connectivity index (χ4v) is 6.59. The highest BCUT2D eigenvalue weighted by Gasteiger charge is 2.41. The Hall–Kier alpha value is -4.27. The summed E-state index contributed by atoms with van der Waals surface area (Å²) in [6.07, 6.45) is 8.65. The zero-order valence-electron chi connectivity index (χ0n) is 22.3. The molecule has 200 valence electrons. The van der Waals surface area contributed by atoms with Gasteiger partial charge in [-0.1, -0.05) is 18.2 Å². The van der Waals surface area contributed by atoms with Crippen LogP contribution in [0.25, 0.3) is 50.2 Å². The highest BCUT2D eigenvalue weighted by molar-refractivity contribution is 6.03. The van der Waals surface area contributed by atoms with Crippen LogP contribution < -0.4 is 4.90 Å². The summed E-state index contributed by atoms with van der Waals surface area (Å²) in [5, 5.41) is 13.6. The summed E-state index contributed by atoms with van der Waals surface area (Å²) in [7, 11) is 2.25. The number of aryl methyl sites for hydroxylation is 1. The summed E-state index contributed by atoms with van der Waals surface area (Å²) in [6.45, 7) is 4.45. The normalized spacial score (nSPS) is 18.6. The molecule has 1 N–H and O–H groups in total. The Morgan fingerprint density at radius 3 is 2.58 bits per heavy atom. The highest BCUT2D eigenvalue weighted by atomic mass is 35.5. The molecule has 0 radical (unpaired) electrons. The van der Waals surface area contributed by atoms with Gasteiger partial charge in [0.05, 0.1) is 23.0 Å². The lowest BCUT2D eigenvalue weighted by molar-refractivity contribution is 0.292. The molecule has 2 atom stereocenters. The predicted octanol–water partition coefficient (Wildman–Crippen LogP) is 5.62. The van der Waals surface area contributed by atoms with Gasteiger partial charge < -0.3 is 4.90 Å². The Bertz CT molecular complexity index is 1860. The first-order chi connectivity index (χ1) is 19.2. The van der Waals surface area contributed by atoms with Crippen molar-refractivity contribution < 1.29 is 0 Å². The minimum atomic E-state index is 0. The largest absolute Gasteiger partial charge is 0.366 e. The van der Waals surface area contributed by atoms with E-state index in [4.69, 9.17) is 10.1 Å². The average Bonchev–Trinajstić information content (AvgIpc) is 3.75. The first-order valence-corrected chi connectivity index (χ1v) is 13.4. The molecule has 2 saturated heterocycles. The van der Waals surface area contributed by atoms with Crippen LogP contribution >= 0.6 is 12.4 Å². The summed E-state index contributed by atoms with van der Waals surface area (Å²) in [5.41, 5.74) is 10.4. The topological polar surface area (TPSA) is 78.2 Å². The number of nitrogens with one attached hydrogen (secondary N) is 1. The third-order valence-corrected chi connectivity index (χ3v) is 8.56. The number of piperazine rings is 1. The second kappa shape index (κ2) is 9.43. The van der Waals surface area contributed by atoms with E-state index in [1.165, 1.54) is 17.7 Å². The molecule has 4 aromatic heterocycles. The number of benzene rings is 2. The van der Waals surface area contributed by atoms with E-state index in [9.17, 15) is 0 Å². The van der Waals surface area contributed by atoms with Gasteiger partial charge in [0.1, 0.15) is 5.69 Å². The lowest BCUT2D eigenvalue weighted by Crippen LogP contribution is -2.44. The van der Waals surface area contributed by atoms with Crippen molar-refractivity contribution in [1.82, 2.24) is 34.7 Å². The molecule has 0 unspecified atom stereocenters. The van der Waals surface area contributed by atoms with Gasteiger partial charge in [0.15, 0.2) is 5.65 Å². The van der Waals surface area contributed by atoms with Crippen LogP contribution in [-0.2, 0) is 0 Å². The molecular weight excluding hydrogens is 520 g/mol. The maximum Gasteiger partial charge on any atom is 0.164 e. The minimum Gasteiger partial charge on any atom is -0.366 e. The first kappa shape index (κ1) is 24.7. The van der Waals surface area contributed by atoms with Gasteiger partial charge in [-0.25, -0.2) is 9.50 Å². The minimum absolute atomic E-state index is 0. The zero-order valence-corrected chi connectivity index (χ0v) is 23.1. The quantitative estimate of drug-likeness (QED) is 0.308. The van der Waals surface area contributed by atoms with Crippen molar-refractivity contribution in [2.24, 2.45) is 0 Å². The second-order valence-electron chi connectivity index (χ2n) is 10.8. The lowest BCUT2D eigenvalue weighted by atomic mass is 9.99. The van der Waals surface area contributed by atoms with Crippen LogP contribution in [0.2, 0.25) is 0 Å². The number of rotatable bonds is 4. The molecule has 2 aliphatic heterocycles. The van der Waals surface area contributed by atoms with Crippen LogP contribution in [0.4, 0.5) is 5.69 Å². The van der Waals surface area contributed by atoms with Gasteiger partial charge in [0, 0.05) is 66.0 Å². The molecule has 2 aromatic carbocycles. The smallest absolute Gasteiger partial charge is 0.164 e. The molecule has 8 rings (SSSR count). The SMILES string of the molecule is Cc1cc(N2C[C@@H]3C[C@H]2CN3C)ccc1-c1ccnc2c(-c3cccc4[nH]ncc34)c(-c3ccncc3)nn12.Cl. The molecule has 0 aliphatic carbocycles. The number of aromatic amines is 1. The van der Waals surface area contributed by atoms with Gasteiger partial charge in [0.2, 0.25) is 0 Å². The van der Waals surface area contributed by atoms with Gasteiger partial charge in [-0.3, -0.25) is 15.0 Å². The Morgan fingerprint density at radius 1 is 0.925 bits per heavy atom. The van der Waals surface area contributed by atoms with Gasteiger partial charge >= 0.3 is 0 Å². The zero-order chi connectivity index (χ0) is 26.1. The predicted molar refractivity (Wildman–Crippen MR) is 161 cm³/mol. The highest BCUT2D eigenvalue weighted by Crippen LogP contribution is 2.40. The molecule has 0 amide bonds. The summed E-state index contributed by atoms with van der Waals surface area (Å²) in [6, 6.07) is 20.4. The molecule has 8 nitrogen and oxygen atoms in total. The van der Waals surface area contributed by atoms with E-state index < -0.39 is 0 Å². The van der Waals surface area contributed by atoms with E-state index in [1.807, 2.05) is 53.6 Å². The number of likely N-dealkylation sites (N-methyl/N-ethyl adjacent to an activating group) is 1. The fraction of sp³-hybridized carbons (Fsp3) is 0.226. The van der Waals surface area contributed by atoms with Crippen LogP contribution in [0.5, 0.6) is 0 Å². The average molecular weight is 549 g/mol. The van der Waals surface area contributed by atoms with Crippen LogP contribution in [0, 0.1) is 6.92 Å². The van der Waals surface area contributed by atoms with Crippen molar-refractivity contribution in [2.75, 3.05) is 25.0 Å². The number of aromatic nitrogens is 6. The van der Waals surface area contributed by atoms with Crippen LogP contribution in [-0.4, -0.2) is 66.9 Å². The van der Waals surface area contributed by atoms with Crippen LogP contribution in [0.15, 0.2) is 79.4 Å². The van der Waals surface area contributed by atoms with E-state index >= 15 is 0 Å². The van der Waals surface area contributed by atoms with Crippen molar-refractivity contribution in [1.29, 1.82) is 0 Å². The Labute approximate surface area is 238 Å². The number of halogens is 1. The van der Waals surface area contributed by atoms with Crippen LogP contribution in [0.3, 0.4) is 0 Å². The maximum absolute atomic E-state index is 5.19. The number of anilines is 1. The first-order valence-electron chi connectivity index (χ1n) is 13.4. The molecule has 6 heterocycles. The standard InChI is InChI=1S/C31H28N8.ClH/c1-19-14-21(38-18-22-15-23(38)17-37(22)2)6-7-24(19)28-10-13-33-31-29(25-4-3-5-27-26(25)16-34-35-27)30(36-39(28)31)20-8-11-32-12-9-20;/h3-14,16,22-23H,15,17-18H2,1-2H3,(H,34,35);1H/t22-,23-;/m0./s1. The number of H-pyrrole nitrogens is 1. The molecule has 0 saturated carbocycles. The van der Waals surface area contributed by atoms with Gasteiger partial charge in [0.25, 0.3) is 0 Å². The molecule has 2 aliphatic rings. The Balaban J connectivity index is 0.00000264. The third kappa shape index (κ3) is 3.71. The molecule has 6 aromatic rings. The van der Waals surface area contributed by atoms with Gasteiger partial charge in [-0.2, -0.15) is 10.2 Å². The summed E-state index contributed by atoms with van der Waals surface area (Å²) in [5.74, 6) is 0.